The molecule has 1 saturated heterocycles. The Morgan fingerprint density at radius 1 is 0.759 bits per heavy atom. The molecular weight excluding hydrogens is 356 g/mol. The van der Waals surface area contributed by atoms with Crippen LogP contribution in [0.3, 0.4) is 0 Å². The minimum absolute atomic E-state index is 0.0361. The molecule has 148 valence electrons. The minimum atomic E-state index is -0.0361. The van der Waals surface area contributed by atoms with Crippen molar-refractivity contribution in [3.63, 3.8) is 0 Å². The fourth-order valence-electron chi connectivity index (χ4n) is 3.94. The van der Waals surface area contributed by atoms with Gasteiger partial charge in [0.2, 0.25) is 0 Å². The molecule has 1 N–H and O–H groups in total. The van der Waals surface area contributed by atoms with E-state index < -0.39 is 0 Å². The van der Waals surface area contributed by atoms with Gasteiger partial charge in [-0.2, -0.15) is 0 Å². The Labute approximate surface area is 173 Å². The van der Waals surface area contributed by atoms with Crippen LogP contribution in [0.2, 0.25) is 0 Å². The van der Waals surface area contributed by atoms with E-state index in [1.165, 1.54) is 37.9 Å². The maximum absolute atomic E-state index is 12.5. The highest BCUT2D eigenvalue weighted by Crippen LogP contribution is 2.19. The van der Waals surface area contributed by atoms with E-state index in [0.717, 1.165) is 23.2 Å². The van der Waals surface area contributed by atoms with Crippen molar-refractivity contribution in [2.24, 2.45) is 0 Å². The van der Waals surface area contributed by atoms with Crippen molar-refractivity contribution in [1.82, 2.24) is 10.2 Å². The molecule has 0 aliphatic carbocycles. The third-order valence-corrected chi connectivity index (χ3v) is 5.55. The molecule has 3 aromatic rings. The summed E-state index contributed by atoms with van der Waals surface area (Å²) in [5.41, 5.74) is 5.44. The second kappa shape index (κ2) is 9.53. The Morgan fingerprint density at radius 2 is 1.45 bits per heavy atom. The second-order valence-corrected chi connectivity index (χ2v) is 7.78. The smallest absolute Gasteiger partial charge is 0.251 e. The maximum Gasteiger partial charge on any atom is 0.251 e. The number of hydrogen-bond acceptors (Lipinski definition) is 2. The molecule has 3 nitrogen and oxygen atoms in total. The fraction of sp³-hybridized carbons (Fsp3) is 0.269. The lowest BCUT2D eigenvalue weighted by molar-refractivity contribution is 0.0951. The number of piperidine rings is 1. The third-order valence-electron chi connectivity index (χ3n) is 5.55. The predicted molar refractivity (Wildman–Crippen MR) is 119 cm³/mol. The first-order valence-corrected chi connectivity index (χ1v) is 10.5. The zero-order valence-electron chi connectivity index (χ0n) is 16.8. The zero-order chi connectivity index (χ0) is 19.9. The second-order valence-electron chi connectivity index (χ2n) is 7.78. The van der Waals surface area contributed by atoms with Crippen molar-refractivity contribution >= 4 is 5.91 Å². The summed E-state index contributed by atoms with van der Waals surface area (Å²) in [6.07, 6.45) is 3.96. The quantitative estimate of drug-likeness (QED) is 0.628. The lowest BCUT2D eigenvalue weighted by Crippen LogP contribution is -2.29. The van der Waals surface area contributed by atoms with Crippen molar-refractivity contribution in [2.75, 3.05) is 13.1 Å². The monoisotopic (exact) mass is 384 g/mol. The van der Waals surface area contributed by atoms with E-state index in [-0.39, 0.29) is 5.91 Å². The van der Waals surface area contributed by atoms with Gasteiger partial charge in [0.1, 0.15) is 0 Å². The van der Waals surface area contributed by atoms with Crippen LogP contribution in [0.4, 0.5) is 0 Å². The molecule has 0 radical (unpaired) electrons. The first-order chi connectivity index (χ1) is 14.3. The Morgan fingerprint density at radius 3 is 2.21 bits per heavy atom. The molecular formula is C26H28N2O. The summed E-state index contributed by atoms with van der Waals surface area (Å²) in [4.78, 5) is 15.1. The molecule has 0 unspecified atom stereocenters. The van der Waals surface area contributed by atoms with Crippen LogP contribution in [-0.4, -0.2) is 23.9 Å². The molecule has 3 aromatic carbocycles. The number of nitrogens with one attached hydrogen (secondary N) is 1. The van der Waals surface area contributed by atoms with Crippen molar-refractivity contribution < 1.29 is 4.79 Å². The van der Waals surface area contributed by atoms with E-state index in [1.807, 2.05) is 42.5 Å². The van der Waals surface area contributed by atoms with Gasteiger partial charge < -0.3 is 5.32 Å². The number of carbonyl (C=O) groups excluding carboxylic acids is 1. The molecule has 1 fully saturated rings. The molecule has 0 saturated carbocycles. The van der Waals surface area contributed by atoms with Gasteiger partial charge in [-0.1, -0.05) is 73.2 Å². The highest BCUT2D eigenvalue weighted by atomic mass is 16.1. The molecule has 1 aliphatic heterocycles. The van der Waals surface area contributed by atoms with Crippen molar-refractivity contribution in [3.05, 3.63) is 95.6 Å². The van der Waals surface area contributed by atoms with Crippen LogP contribution in [-0.2, 0) is 13.1 Å². The van der Waals surface area contributed by atoms with Gasteiger partial charge in [0.05, 0.1) is 0 Å². The Bertz CT molecular complexity index is 928. The standard InChI is InChI=1S/C26H28N2O/c29-26(25-14-12-24(13-15-25)23-10-3-1-4-11-23)27-19-21-8-7-9-22(18-21)20-28-16-5-2-6-17-28/h1,3-4,7-15,18H,2,5-6,16-17,19-20H2,(H,27,29). The number of amides is 1. The minimum Gasteiger partial charge on any atom is -0.348 e. The average molecular weight is 385 g/mol. The van der Waals surface area contributed by atoms with Crippen LogP contribution in [0.25, 0.3) is 11.1 Å². The molecule has 1 aliphatic rings. The van der Waals surface area contributed by atoms with E-state index >= 15 is 0 Å². The van der Waals surface area contributed by atoms with E-state index in [1.54, 1.807) is 0 Å². The normalized spacial score (nSPS) is 14.5. The van der Waals surface area contributed by atoms with Gasteiger partial charge in [0, 0.05) is 18.7 Å². The molecule has 1 heterocycles. The molecule has 4 rings (SSSR count). The summed E-state index contributed by atoms with van der Waals surface area (Å²) in [6.45, 7) is 3.94. The number of rotatable bonds is 6. The van der Waals surface area contributed by atoms with E-state index in [9.17, 15) is 4.79 Å². The van der Waals surface area contributed by atoms with Gasteiger partial charge in [0.25, 0.3) is 5.91 Å². The Hall–Kier alpha value is -2.91. The van der Waals surface area contributed by atoms with Crippen LogP contribution in [0.5, 0.6) is 0 Å². The Kier molecular flexibility index (Phi) is 6.38. The van der Waals surface area contributed by atoms with Gasteiger partial charge >= 0.3 is 0 Å². The van der Waals surface area contributed by atoms with Crippen LogP contribution in [0.15, 0.2) is 78.9 Å². The zero-order valence-corrected chi connectivity index (χ0v) is 16.8. The van der Waals surface area contributed by atoms with Crippen LogP contribution in [0, 0.1) is 0 Å². The van der Waals surface area contributed by atoms with Crippen LogP contribution in [0.1, 0.15) is 40.7 Å². The summed E-state index contributed by atoms with van der Waals surface area (Å²) in [5, 5.41) is 3.05. The molecule has 3 heteroatoms. The van der Waals surface area contributed by atoms with Crippen molar-refractivity contribution in [2.45, 2.75) is 32.4 Å². The highest BCUT2D eigenvalue weighted by molar-refractivity contribution is 5.94. The fourth-order valence-corrected chi connectivity index (χ4v) is 3.94. The molecule has 29 heavy (non-hydrogen) atoms. The van der Waals surface area contributed by atoms with E-state index in [2.05, 4.69) is 46.6 Å². The van der Waals surface area contributed by atoms with Gasteiger partial charge in [0.15, 0.2) is 0 Å². The lowest BCUT2D eigenvalue weighted by Gasteiger charge is -2.26. The van der Waals surface area contributed by atoms with Gasteiger partial charge in [-0.15, -0.1) is 0 Å². The first-order valence-electron chi connectivity index (χ1n) is 10.5. The predicted octanol–water partition coefficient (Wildman–Crippen LogP) is 5.27. The summed E-state index contributed by atoms with van der Waals surface area (Å²) in [5.74, 6) is -0.0361. The topological polar surface area (TPSA) is 32.3 Å². The SMILES string of the molecule is O=C(NCc1cccc(CN2CCCCC2)c1)c1ccc(-c2ccccc2)cc1. The number of nitrogens with zero attached hydrogens (tertiary/aromatic N) is 1. The molecule has 0 aromatic heterocycles. The van der Waals surface area contributed by atoms with Crippen molar-refractivity contribution in [1.29, 1.82) is 0 Å². The molecule has 0 bridgehead atoms. The summed E-state index contributed by atoms with van der Waals surface area (Å²) >= 11 is 0. The average Bonchev–Trinajstić information content (AvgIpc) is 2.79. The highest BCUT2D eigenvalue weighted by Gasteiger charge is 2.11. The van der Waals surface area contributed by atoms with E-state index in [0.29, 0.717) is 12.1 Å². The molecule has 1 amide bonds. The van der Waals surface area contributed by atoms with Gasteiger partial charge in [-0.25, -0.2) is 0 Å². The largest absolute Gasteiger partial charge is 0.348 e. The lowest BCUT2D eigenvalue weighted by atomic mass is 10.0. The van der Waals surface area contributed by atoms with E-state index in [4.69, 9.17) is 0 Å². The van der Waals surface area contributed by atoms with Crippen LogP contribution >= 0.6 is 0 Å². The van der Waals surface area contributed by atoms with Crippen molar-refractivity contribution in [3.8, 4) is 11.1 Å². The number of likely N-dealkylation sites (tertiary alicyclic amines) is 1. The summed E-state index contributed by atoms with van der Waals surface area (Å²) < 4.78 is 0. The first kappa shape index (κ1) is 19.4. The van der Waals surface area contributed by atoms with Gasteiger partial charge in [-0.05, 0) is 60.3 Å². The summed E-state index contributed by atoms with van der Waals surface area (Å²) in [7, 11) is 0. The summed E-state index contributed by atoms with van der Waals surface area (Å²) in [6, 6.07) is 26.6. The Balaban J connectivity index is 1.34. The third kappa shape index (κ3) is 5.33. The number of carbonyl (C=O) groups is 1. The number of benzene rings is 3. The van der Waals surface area contributed by atoms with Gasteiger partial charge in [-0.3, -0.25) is 9.69 Å². The maximum atomic E-state index is 12.5. The number of hydrogen-bond donors (Lipinski definition) is 1. The molecule has 0 spiro atoms. The molecule has 0 atom stereocenters. The van der Waals surface area contributed by atoms with Crippen LogP contribution < -0.4 is 5.32 Å².